The molecule has 0 bridgehead atoms. The molecule has 1 aliphatic heterocycles. The lowest BCUT2D eigenvalue weighted by atomic mass is 10.4. The zero-order valence-electron chi connectivity index (χ0n) is 8.60. The highest BCUT2D eigenvalue weighted by molar-refractivity contribution is 7.17. The molecule has 2 aromatic rings. The molecular weight excluding hydrogens is 226 g/mol. The van der Waals surface area contributed by atoms with E-state index < -0.39 is 0 Å². The summed E-state index contributed by atoms with van der Waals surface area (Å²) in [4.78, 5) is 21.0. The van der Waals surface area contributed by atoms with E-state index in [9.17, 15) is 4.79 Å². The summed E-state index contributed by atoms with van der Waals surface area (Å²) in [5, 5.41) is 1.90. The van der Waals surface area contributed by atoms with E-state index in [2.05, 4.69) is 9.97 Å². The molecule has 6 heteroatoms. The monoisotopic (exact) mass is 237 g/mol. The Balaban J connectivity index is 2.06. The third-order valence-electron chi connectivity index (χ3n) is 2.62. The van der Waals surface area contributed by atoms with Gasteiger partial charge in [0.25, 0.3) is 5.56 Å². The quantitative estimate of drug-likeness (QED) is 0.797. The van der Waals surface area contributed by atoms with E-state index in [0.29, 0.717) is 23.9 Å². The average Bonchev–Trinajstić information content (AvgIpc) is 2.79. The first-order valence-electron chi connectivity index (χ1n) is 5.15. The van der Waals surface area contributed by atoms with Crippen molar-refractivity contribution >= 4 is 27.5 Å². The molecule has 0 saturated carbocycles. The summed E-state index contributed by atoms with van der Waals surface area (Å²) in [7, 11) is 0. The van der Waals surface area contributed by atoms with Gasteiger partial charge in [0.1, 0.15) is 4.70 Å². The van der Waals surface area contributed by atoms with Crippen LogP contribution in [0.4, 0.5) is 5.95 Å². The molecule has 0 unspecified atom stereocenters. The van der Waals surface area contributed by atoms with Crippen LogP contribution in [0.2, 0.25) is 0 Å². The topological polar surface area (TPSA) is 58.2 Å². The number of nitrogens with zero attached hydrogens (tertiary/aromatic N) is 2. The van der Waals surface area contributed by atoms with Crippen molar-refractivity contribution < 1.29 is 4.74 Å². The Labute approximate surface area is 95.7 Å². The Morgan fingerprint density at radius 3 is 3.06 bits per heavy atom. The van der Waals surface area contributed by atoms with Gasteiger partial charge in [-0.25, -0.2) is 0 Å². The lowest BCUT2D eigenvalue weighted by molar-refractivity contribution is 0.122. The summed E-state index contributed by atoms with van der Waals surface area (Å²) in [5.74, 6) is 0.652. The second-order valence-electron chi connectivity index (χ2n) is 3.63. The number of fused-ring (bicyclic) bond motifs is 1. The minimum absolute atomic E-state index is 0.148. The van der Waals surface area contributed by atoms with Gasteiger partial charge in [-0.2, -0.15) is 4.98 Å². The molecule has 5 nitrogen and oxygen atoms in total. The molecule has 16 heavy (non-hydrogen) atoms. The second kappa shape index (κ2) is 3.88. The van der Waals surface area contributed by atoms with E-state index in [-0.39, 0.29) is 5.56 Å². The number of ether oxygens (including phenoxy) is 1. The number of thiophene rings is 1. The lowest BCUT2D eigenvalue weighted by Gasteiger charge is -2.26. The van der Waals surface area contributed by atoms with Gasteiger partial charge in [0.2, 0.25) is 5.95 Å². The molecule has 3 heterocycles. The Kier molecular flexibility index (Phi) is 2.37. The Hall–Kier alpha value is -1.40. The van der Waals surface area contributed by atoms with Crippen molar-refractivity contribution in [3.63, 3.8) is 0 Å². The Bertz CT molecular complexity index is 556. The molecule has 0 atom stereocenters. The summed E-state index contributed by atoms with van der Waals surface area (Å²) in [6.07, 6.45) is 0. The van der Waals surface area contributed by atoms with Crippen molar-refractivity contribution in [2.24, 2.45) is 0 Å². The minimum atomic E-state index is -0.148. The van der Waals surface area contributed by atoms with Crippen LogP contribution in [0, 0.1) is 0 Å². The SMILES string of the molecule is O=c1nc(N2CCOCC2)[nH]c2ccsc12. The van der Waals surface area contributed by atoms with E-state index in [1.54, 1.807) is 0 Å². The summed E-state index contributed by atoms with van der Waals surface area (Å²) < 4.78 is 5.96. The molecular formula is C10H11N3O2S. The van der Waals surface area contributed by atoms with E-state index in [0.717, 1.165) is 18.6 Å². The van der Waals surface area contributed by atoms with Crippen molar-refractivity contribution in [3.8, 4) is 0 Å². The zero-order valence-corrected chi connectivity index (χ0v) is 9.42. The first-order valence-corrected chi connectivity index (χ1v) is 6.03. The highest BCUT2D eigenvalue weighted by Crippen LogP contribution is 2.17. The van der Waals surface area contributed by atoms with Gasteiger partial charge >= 0.3 is 0 Å². The van der Waals surface area contributed by atoms with Crippen LogP contribution < -0.4 is 10.5 Å². The van der Waals surface area contributed by atoms with Crippen molar-refractivity contribution in [3.05, 3.63) is 21.8 Å². The number of rotatable bonds is 1. The molecule has 84 valence electrons. The molecule has 1 fully saturated rings. The van der Waals surface area contributed by atoms with Gasteiger partial charge in [-0.15, -0.1) is 11.3 Å². The fourth-order valence-electron chi connectivity index (χ4n) is 1.79. The van der Waals surface area contributed by atoms with Gasteiger partial charge in [-0.3, -0.25) is 4.79 Å². The molecule has 3 rings (SSSR count). The smallest absolute Gasteiger partial charge is 0.292 e. The molecule has 1 aliphatic rings. The van der Waals surface area contributed by atoms with Crippen molar-refractivity contribution in [2.45, 2.75) is 0 Å². The van der Waals surface area contributed by atoms with Crippen LogP contribution in [0.15, 0.2) is 16.2 Å². The molecule has 0 aliphatic carbocycles. The van der Waals surface area contributed by atoms with Gasteiger partial charge in [0.05, 0.1) is 18.7 Å². The zero-order chi connectivity index (χ0) is 11.0. The Morgan fingerprint density at radius 1 is 1.44 bits per heavy atom. The number of aromatic nitrogens is 2. The first kappa shape index (κ1) is 9.80. The number of morpholine rings is 1. The van der Waals surface area contributed by atoms with Gasteiger partial charge in [0, 0.05) is 13.1 Å². The average molecular weight is 237 g/mol. The van der Waals surface area contributed by atoms with E-state index in [1.807, 2.05) is 16.3 Å². The Morgan fingerprint density at radius 2 is 2.25 bits per heavy atom. The third kappa shape index (κ3) is 1.60. The van der Waals surface area contributed by atoms with Gasteiger partial charge < -0.3 is 14.6 Å². The number of hydrogen-bond donors (Lipinski definition) is 1. The van der Waals surface area contributed by atoms with Crippen LogP contribution in [0.5, 0.6) is 0 Å². The minimum Gasteiger partial charge on any atom is -0.378 e. The lowest BCUT2D eigenvalue weighted by Crippen LogP contribution is -2.38. The summed E-state index contributed by atoms with van der Waals surface area (Å²) in [6.45, 7) is 2.92. The van der Waals surface area contributed by atoms with Crippen LogP contribution in [-0.4, -0.2) is 36.3 Å². The largest absolute Gasteiger partial charge is 0.378 e. The van der Waals surface area contributed by atoms with Gasteiger partial charge in [-0.1, -0.05) is 0 Å². The highest BCUT2D eigenvalue weighted by Gasteiger charge is 2.14. The summed E-state index contributed by atoms with van der Waals surface area (Å²) >= 11 is 1.42. The van der Waals surface area contributed by atoms with Crippen LogP contribution in [-0.2, 0) is 4.74 Å². The number of nitrogens with one attached hydrogen (secondary N) is 1. The fraction of sp³-hybridized carbons (Fsp3) is 0.400. The predicted octanol–water partition coefficient (Wildman–Crippen LogP) is 0.821. The van der Waals surface area contributed by atoms with Gasteiger partial charge in [-0.05, 0) is 11.4 Å². The van der Waals surface area contributed by atoms with Crippen LogP contribution in [0.1, 0.15) is 0 Å². The normalized spacial score (nSPS) is 16.9. The maximum absolute atomic E-state index is 11.7. The van der Waals surface area contributed by atoms with Crippen LogP contribution in [0.3, 0.4) is 0 Å². The molecule has 0 radical (unpaired) electrons. The van der Waals surface area contributed by atoms with E-state index in [4.69, 9.17) is 4.74 Å². The number of anilines is 1. The van der Waals surface area contributed by atoms with Crippen LogP contribution >= 0.6 is 11.3 Å². The van der Waals surface area contributed by atoms with Gasteiger partial charge in [0.15, 0.2) is 0 Å². The van der Waals surface area contributed by atoms with Crippen molar-refractivity contribution in [1.82, 2.24) is 9.97 Å². The third-order valence-corrected chi connectivity index (χ3v) is 3.53. The maximum Gasteiger partial charge on any atom is 0.292 e. The molecule has 1 saturated heterocycles. The molecule has 0 aromatic carbocycles. The predicted molar refractivity (Wildman–Crippen MR) is 63.3 cm³/mol. The maximum atomic E-state index is 11.7. The molecule has 0 spiro atoms. The van der Waals surface area contributed by atoms with Crippen molar-refractivity contribution in [2.75, 3.05) is 31.2 Å². The number of hydrogen-bond acceptors (Lipinski definition) is 5. The fourth-order valence-corrected chi connectivity index (χ4v) is 2.53. The molecule has 0 amide bonds. The summed E-state index contributed by atoms with van der Waals surface area (Å²) in [6, 6.07) is 1.91. The molecule has 2 aromatic heterocycles. The first-order chi connectivity index (χ1) is 7.84. The van der Waals surface area contributed by atoms with Crippen molar-refractivity contribution in [1.29, 1.82) is 0 Å². The standard InChI is InChI=1S/C10H11N3O2S/c14-9-8-7(1-6-16-8)11-10(12-9)13-2-4-15-5-3-13/h1,6H,2-5H2,(H,11,12,14). The number of aromatic amines is 1. The van der Waals surface area contributed by atoms with E-state index >= 15 is 0 Å². The summed E-state index contributed by atoms with van der Waals surface area (Å²) in [5.41, 5.74) is 0.719. The highest BCUT2D eigenvalue weighted by atomic mass is 32.1. The van der Waals surface area contributed by atoms with Crippen LogP contribution in [0.25, 0.3) is 10.2 Å². The number of H-pyrrole nitrogens is 1. The van der Waals surface area contributed by atoms with E-state index in [1.165, 1.54) is 11.3 Å². The molecule has 1 N–H and O–H groups in total. The second-order valence-corrected chi connectivity index (χ2v) is 4.54.